The minimum atomic E-state index is -1.08. The topological polar surface area (TPSA) is 141 Å². The molecular weight excluding hydrogens is 234 g/mol. The van der Waals surface area contributed by atoms with Crippen molar-refractivity contribution in [2.24, 2.45) is 5.11 Å². The molecule has 1 rings (SSSR count). The standard InChI is InChI=1S/C11H17N5O2/c1-6-4-7(5-8(12)10(6)13)11(18)9(17)2-3-15-16-14/h4-5,9,11,17-18H,2-3,12-13H2,1H3. The van der Waals surface area contributed by atoms with Crippen LogP contribution in [-0.4, -0.2) is 22.9 Å². The van der Waals surface area contributed by atoms with Crippen molar-refractivity contribution in [3.63, 3.8) is 0 Å². The second kappa shape index (κ2) is 6.11. The van der Waals surface area contributed by atoms with Crippen LogP contribution in [0.25, 0.3) is 10.4 Å². The first kappa shape index (κ1) is 14.1. The van der Waals surface area contributed by atoms with Crippen molar-refractivity contribution in [1.82, 2.24) is 0 Å². The Kier molecular flexibility index (Phi) is 4.79. The monoisotopic (exact) mass is 251 g/mol. The van der Waals surface area contributed by atoms with Crippen molar-refractivity contribution >= 4 is 11.4 Å². The van der Waals surface area contributed by atoms with Gasteiger partial charge in [-0.1, -0.05) is 11.2 Å². The maximum Gasteiger partial charge on any atom is 0.105 e. The molecule has 0 spiro atoms. The summed E-state index contributed by atoms with van der Waals surface area (Å²) in [6.45, 7) is 1.90. The molecule has 6 N–H and O–H groups in total. The molecule has 0 radical (unpaired) electrons. The van der Waals surface area contributed by atoms with Gasteiger partial charge in [0.15, 0.2) is 0 Å². The summed E-state index contributed by atoms with van der Waals surface area (Å²) in [5, 5.41) is 23.0. The highest BCUT2D eigenvalue weighted by Gasteiger charge is 2.19. The maximum atomic E-state index is 9.95. The Hall–Kier alpha value is -1.95. The first-order valence-electron chi connectivity index (χ1n) is 5.49. The average Bonchev–Trinajstić information content (AvgIpc) is 2.34. The van der Waals surface area contributed by atoms with Gasteiger partial charge in [0.2, 0.25) is 0 Å². The van der Waals surface area contributed by atoms with Gasteiger partial charge in [0, 0.05) is 11.5 Å². The summed E-state index contributed by atoms with van der Waals surface area (Å²) in [5.74, 6) is 0. The van der Waals surface area contributed by atoms with Crippen molar-refractivity contribution in [2.75, 3.05) is 18.0 Å². The van der Waals surface area contributed by atoms with Gasteiger partial charge in [-0.2, -0.15) is 0 Å². The molecule has 7 heteroatoms. The van der Waals surface area contributed by atoms with E-state index in [4.69, 9.17) is 17.0 Å². The van der Waals surface area contributed by atoms with Crippen LogP contribution < -0.4 is 11.5 Å². The van der Waals surface area contributed by atoms with Crippen LogP contribution in [0.4, 0.5) is 11.4 Å². The van der Waals surface area contributed by atoms with Crippen LogP contribution in [0.15, 0.2) is 17.2 Å². The number of hydrogen-bond donors (Lipinski definition) is 4. The fourth-order valence-electron chi connectivity index (χ4n) is 1.64. The van der Waals surface area contributed by atoms with Crippen LogP contribution in [0.1, 0.15) is 23.7 Å². The predicted molar refractivity (Wildman–Crippen MR) is 69.6 cm³/mol. The van der Waals surface area contributed by atoms with Crippen LogP contribution in [-0.2, 0) is 0 Å². The zero-order valence-corrected chi connectivity index (χ0v) is 10.1. The number of aliphatic hydroxyl groups excluding tert-OH is 2. The molecule has 0 aromatic heterocycles. The maximum absolute atomic E-state index is 9.95. The van der Waals surface area contributed by atoms with Crippen molar-refractivity contribution in [2.45, 2.75) is 25.6 Å². The summed E-state index contributed by atoms with van der Waals surface area (Å²) in [7, 11) is 0. The van der Waals surface area contributed by atoms with E-state index < -0.39 is 12.2 Å². The summed E-state index contributed by atoms with van der Waals surface area (Å²) in [4.78, 5) is 2.58. The van der Waals surface area contributed by atoms with E-state index in [1.807, 2.05) is 0 Å². The molecule has 98 valence electrons. The van der Waals surface area contributed by atoms with Gasteiger partial charge < -0.3 is 21.7 Å². The third kappa shape index (κ3) is 3.27. The van der Waals surface area contributed by atoms with Crippen molar-refractivity contribution in [3.8, 4) is 0 Å². The highest BCUT2D eigenvalue weighted by atomic mass is 16.3. The molecule has 0 amide bonds. The zero-order valence-electron chi connectivity index (χ0n) is 10.1. The van der Waals surface area contributed by atoms with E-state index >= 15 is 0 Å². The number of anilines is 2. The van der Waals surface area contributed by atoms with Crippen LogP contribution in [0.5, 0.6) is 0 Å². The van der Waals surface area contributed by atoms with Crippen LogP contribution in [0.2, 0.25) is 0 Å². The molecular formula is C11H17N5O2. The van der Waals surface area contributed by atoms with Gasteiger partial charge in [-0.05, 0) is 36.1 Å². The Morgan fingerprint density at radius 1 is 1.39 bits per heavy atom. The third-order valence-electron chi connectivity index (χ3n) is 2.74. The van der Waals surface area contributed by atoms with E-state index in [-0.39, 0.29) is 13.0 Å². The molecule has 0 bridgehead atoms. The number of rotatable bonds is 5. The molecule has 7 nitrogen and oxygen atoms in total. The Labute approximate surface area is 105 Å². The molecule has 18 heavy (non-hydrogen) atoms. The lowest BCUT2D eigenvalue weighted by molar-refractivity contribution is 0.0150. The number of hydrogen-bond acceptors (Lipinski definition) is 5. The molecule has 0 aliphatic carbocycles. The molecule has 1 aromatic rings. The highest BCUT2D eigenvalue weighted by molar-refractivity contribution is 5.68. The summed E-state index contributed by atoms with van der Waals surface area (Å²) in [5.41, 5.74) is 21.6. The van der Waals surface area contributed by atoms with Crippen molar-refractivity contribution in [3.05, 3.63) is 33.7 Å². The minimum Gasteiger partial charge on any atom is -0.397 e. The summed E-state index contributed by atoms with van der Waals surface area (Å²) >= 11 is 0. The van der Waals surface area contributed by atoms with Gasteiger partial charge in [-0.3, -0.25) is 0 Å². The minimum absolute atomic E-state index is 0.123. The van der Waals surface area contributed by atoms with Crippen molar-refractivity contribution in [1.29, 1.82) is 0 Å². The summed E-state index contributed by atoms with van der Waals surface area (Å²) < 4.78 is 0. The molecule has 0 saturated heterocycles. The van der Waals surface area contributed by atoms with E-state index in [0.717, 1.165) is 5.56 Å². The van der Waals surface area contributed by atoms with E-state index in [0.29, 0.717) is 16.9 Å². The lowest BCUT2D eigenvalue weighted by atomic mass is 9.98. The first-order valence-corrected chi connectivity index (χ1v) is 5.49. The number of nitrogen functional groups attached to an aromatic ring is 2. The molecule has 2 unspecified atom stereocenters. The lowest BCUT2D eigenvalue weighted by Gasteiger charge is -2.19. The Morgan fingerprint density at radius 2 is 2.06 bits per heavy atom. The highest BCUT2D eigenvalue weighted by Crippen LogP contribution is 2.27. The molecule has 0 aliphatic rings. The van der Waals surface area contributed by atoms with Gasteiger partial charge in [-0.25, -0.2) is 0 Å². The van der Waals surface area contributed by atoms with Gasteiger partial charge in [0.1, 0.15) is 6.10 Å². The van der Waals surface area contributed by atoms with Crippen LogP contribution in [0.3, 0.4) is 0 Å². The van der Waals surface area contributed by atoms with Crippen LogP contribution >= 0.6 is 0 Å². The molecule has 0 saturated carbocycles. The average molecular weight is 251 g/mol. The molecule has 0 heterocycles. The zero-order chi connectivity index (χ0) is 13.7. The number of aryl methyl sites for hydroxylation is 1. The van der Waals surface area contributed by atoms with E-state index in [2.05, 4.69) is 10.0 Å². The number of aliphatic hydroxyl groups is 2. The Bertz CT molecular complexity index is 447. The fourth-order valence-corrected chi connectivity index (χ4v) is 1.64. The summed E-state index contributed by atoms with van der Waals surface area (Å²) in [6.07, 6.45) is -1.92. The Balaban J connectivity index is 2.83. The number of nitrogens with zero attached hydrogens (tertiary/aromatic N) is 3. The fraction of sp³-hybridized carbons (Fsp3) is 0.455. The predicted octanol–water partition coefficient (Wildman–Crippen LogP) is 1.25. The normalized spacial score (nSPS) is 13.7. The van der Waals surface area contributed by atoms with Gasteiger partial charge in [0.25, 0.3) is 0 Å². The molecule has 0 aliphatic heterocycles. The van der Waals surface area contributed by atoms with E-state index in [1.54, 1.807) is 13.0 Å². The quantitative estimate of drug-likeness (QED) is 0.270. The number of nitrogens with two attached hydrogens (primary N) is 2. The van der Waals surface area contributed by atoms with Gasteiger partial charge in [0.05, 0.1) is 17.5 Å². The molecule has 1 aromatic carbocycles. The van der Waals surface area contributed by atoms with Crippen molar-refractivity contribution < 1.29 is 10.2 Å². The lowest BCUT2D eigenvalue weighted by Crippen LogP contribution is -2.19. The smallest absolute Gasteiger partial charge is 0.105 e. The van der Waals surface area contributed by atoms with Gasteiger partial charge in [-0.15, -0.1) is 0 Å². The number of benzene rings is 1. The van der Waals surface area contributed by atoms with E-state index in [1.165, 1.54) is 6.07 Å². The second-order valence-corrected chi connectivity index (χ2v) is 4.10. The first-order chi connectivity index (χ1) is 8.47. The van der Waals surface area contributed by atoms with Crippen LogP contribution in [0, 0.1) is 6.92 Å². The Morgan fingerprint density at radius 3 is 2.61 bits per heavy atom. The largest absolute Gasteiger partial charge is 0.397 e. The summed E-state index contributed by atoms with van der Waals surface area (Å²) in [6, 6.07) is 3.21. The SMILES string of the molecule is Cc1cc(C(O)C(O)CCN=[N+]=[N-])cc(N)c1N. The van der Waals surface area contributed by atoms with Gasteiger partial charge >= 0.3 is 0 Å². The molecule has 0 fully saturated rings. The second-order valence-electron chi connectivity index (χ2n) is 4.10. The third-order valence-corrected chi connectivity index (χ3v) is 2.74. The van der Waals surface area contributed by atoms with E-state index in [9.17, 15) is 10.2 Å². The number of azide groups is 1. The molecule has 2 atom stereocenters.